The molecular weight excluding hydrogens is 390 g/mol. The Morgan fingerprint density at radius 3 is 1.87 bits per heavy atom. The maximum Gasteiger partial charge on any atom is 0.349 e. The third-order valence-corrected chi connectivity index (χ3v) is 4.83. The molecule has 0 aromatic heterocycles. The average molecular weight is 422 g/mol. The first-order chi connectivity index (χ1) is 14.6. The molecule has 0 saturated carbocycles. The molecule has 0 unspecified atom stereocenters. The fraction of sp³-hybridized carbons (Fsp3) is 0.385. The van der Waals surface area contributed by atoms with Crippen LogP contribution in [0, 0.1) is 11.3 Å². The topological polar surface area (TPSA) is 79.5 Å². The molecule has 0 radical (unpaired) electrons. The molecule has 2 rings (SSSR count). The summed E-state index contributed by atoms with van der Waals surface area (Å²) in [6.07, 6.45) is 0.977. The standard InChI is InChI=1S/C26H31NO4/c1-25(2,29)15-18-31-26(3,4)16-17-30-24(28)22(19-27)23(20-11-7-5-8-12-20)21-13-9-6-10-14-21/h5-14,29H,15-18H2,1-4H3. The lowest BCUT2D eigenvalue weighted by Gasteiger charge is -2.27. The summed E-state index contributed by atoms with van der Waals surface area (Å²) in [5, 5.41) is 19.6. The highest BCUT2D eigenvalue weighted by Gasteiger charge is 2.23. The van der Waals surface area contributed by atoms with Crippen molar-refractivity contribution in [3.8, 4) is 6.07 Å². The van der Waals surface area contributed by atoms with Crippen molar-refractivity contribution in [1.29, 1.82) is 5.26 Å². The molecule has 0 spiro atoms. The van der Waals surface area contributed by atoms with Crippen LogP contribution in [0.2, 0.25) is 0 Å². The molecule has 0 saturated heterocycles. The second-order valence-corrected chi connectivity index (χ2v) is 8.65. The number of hydrogen-bond donors (Lipinski definition) is 1. The van der Waals surface area contributed by atoms with Gasteiger partial charge >= 0.3 is 5.97 Å². The summed E-state index contributed by atoms with van der Waals surface area (Å²) in [7, 11) is 0. The molecule has 164 valence electrons. The van der Waals surface area contributed by atoms with Crippen molar-refractivity contribution in [2.45, 2.75) is 51.7 Å². The SMILES string of the molecule is CC(C)(O)CCOC(C)(C)CCOC(=O)C(C#N)=C(c1ccccc1)c1ccccc1. The fourth-order valence-electron chi connectivity index (χ4n) is 2.98. The Morgan fingerprint density at radius 1 is 0.903 bits per heavy atom. The summed E-state index contributed by atoms with van der Waals surface area (Å²) < 4.78 is 11.3. The first-order valence-electron chi connectivity index (χ1n) is 10.4. The second-order valence-electron chi connectivity index (χ2n) is 8.65. The minimum atomic E-state index is -0.791. The van der Waals surface area contributed by atoms with E-state index < -0.39 is 17.2 Å². The van der Waals surface area contributed by atoms with E-state index in [-0.39, 0.29) is 12.2 Å². The zero-order valence-corrected chi connectivity index (χ0v) is 18.7. The summed E-state index contributed by atoms with van der Waals surface area (Å²) in [6, 6.07) is 20.8. The molecule has 2 aromatic rings. The van der Waals surface area contributed by atoms with Crippen molar-refractivity contribution in [2.75, 3.05) is 13.2 Å². The van der Waals surface area contributed by atoms with E-state index in [1.165, 1.54) is 0 Å². The minimum Gasteiger partial charge on any atom is -0.461 e. The van der Waals surface area contributed by atoms with Crippen molar-refractivity contribution in [2.24, 2.45) is 0 Å². The molecule has 0 amide bonds. The molecule has 0 aliphatic carbocycles. The van der Waals surface area contributed by atoms with E-state index in [0.717, 1.165) is 11.1 Å². The molecule has 0 bridgehead atoms. The zero-order chi connectivity index (χ0) is 22.9. The summed E-state index contributed by atoms with van der Waals surface area (Å²) in [4.78, 5) is 12.8. The van der Waals surface area contributed by atoms with Gasteiger partial charge in [-0.1, -0.05) is 60.7 Å². The van der Waals surface area contributed by atoms with Crippen LogP contribution in [-0.4, -0.2) is 35.5 Å². The third kappa shape index (κ3) is 8.01. The number of benzene rings is 2. The van der Waals surface area contributed by atoms with Crippen LogP contribution in [0.3, 0.4) is 0 Å². The minimum absolute atomic E-state index is 0.0295. The number of nitrogens with zero attached hydrogens (tertiary/aromatic N) is 1. The maximum atomic E-state index is 12.8. The van der Waals surface area contributed by atoms with Crippen LogP contribution in [0.25, 0.3) is 5.57 Å². The molecule has 0 aliphatic rings. The lowest BCUT2D eigenvalue weighted by molar-refractivity contribution is -0.140. The van der Waals surface area contributed by atoms with E-state index in [1.807, 2.05) is 80.6 Å². The smallest absolute Gasteiger partial charge is 0.349 e. The first-order valence-corrected chi connectivity index (χ1v) is 10.4. The van der Waals surface area contributed by atoms with Crippen molar-refractivity contribution >= 4 is 11.5 Å². The van der Waals surface area contributed by atoms with Crippen molar-refractivity contribution in [1.82, 2.24) is 0 Å². The van der Waals surface area contributed by atoms with Gasteiger partial charge in [-0.2, -0.15) is 5.26 Å². The lowest BCUT2D eigenvalue weighted by atomic mass is 9.93. The van der Waals surface area contributed by atoms with E-state index in [1.54, 1.807) is 13.8 Å². The third-order valence-electron chi connectivity index (χ3n) is 4.83. The predicted molar refractivity (Wildman–Crippen MR) is 121 cm³/mol. The number of ether oxygens (including phenoxy) is 2. The summed E-state index contributed by atoms with van der Waals surface area (Å²) >= 11 is 0. The van der Waals surface area contributed by atoms with Crippen LogP contribution in [-0.2, 0) is 14.3 Å². The van der Waals surface area contributed by atoms with Crippen LogP contribution in [0.1, 0.15) is 51.7 Å². The first kappa shape index (κ1) is 24.3. The normalized spacial score (nSPS) is 11.5. The fourth-order valence-corrected chi connectivity index (χ4v) is 2.98. The Morgan fingerprint density at radius 2 is 1.42 bits per heavy atom. The molecule has 1 N–H and O–H groups in total. The van der Waals surface area contributed by atoms with E-state index in [4.69, 9.17) is 9.47 Å². The highest BCUT2D eigenvalue weighted by Crippen LogP contribution is 2.27. The highest BCUT2D eigenvalue weighted by molar-refractivity contribution is 6.05. The molecule has 0 atom stereocenters. The summed E-state index contributed by atoms with van der Waals surface area (Å²) in [5.41, 5.74) is 0.756. The van der Waals surface area contributed by atoms with E-state index >= 15 is 0 Å². The number of carbonyl (C=O) groups is 1. The van der Waals surface area contributed by atoms with Gasteiger partial charge in [0.1, 0.15) is 11.6 Å². The van der Waals surface area contributed by atoms with Gasteiger partial charge in [0.15, 0.2) is 0 Å². The Labute approximate surface area is 184 Å². The highest BCUT2D eigenvalue weighted by atomic mass is 16.5. The molecule has 0 heterocycles. The Balaban J connectivity index is 2.13. The van der Waals surface area contributed by atoms with Gasteiger partial charge in [-0.25, -0.2) is 4.79 Å². The lowest BCUT2D eigenvalue weighted by Crippen LogP contribution is -2.30. The average Bonchev–Trinajstić information content (AvgIpc) is 2.71. The zero-order valence-electron chi connectivity index (χ0n) is 18.7. The Hall–Kier alpha value is -2.94. The molecule has 5 heteroatoms. The Bertz CT molecular complexity index is 878. The number of hydrogen-bond acceptors (Lipinski definition) is 5. The molecule has 0 aliphatic heterocycles. The number of carbonyl (C=O) groups excluding carboxylic acids is 1. The number of nitriles is 1. The summed E-state index contributed by atoms with van der Waals surface area (Å²) in [5.74, 6) is -0.655. The van der Waals surface area contributed by atoms with E-state index in [9.17, 15) is 15.2 Å². The molecular formula is C26H31NO4. The maximum absolute atomic E-state index is 12.8. The van der Waals surface area contributed by atoms with Crippen LogP contribution in [0.5, 0.6) is 0 Å². The largest absolute Gasteiger partial charge is 0.461 e. The second kappa shape index (κ2) is 10.9. The molecule has 0 fully saturated rings. The molecule has 5 nitrogen and oxygen atoms in total. The number of rotatable bonds is 10. The van der Waals surface area contributed by atoms with Gasteiger partial charge in [-0.3, -0.25) is 0 Å². The van der Waals surface area contributed by atoms with Gasteiger partial charge in [-0.15, -0.1) is 0 Å². The van der Waals surface area contributed by atoms with Gasteiger partial charge in [0, 0.05) is 12.0 Å². The van der Waals surface area contributed by atoms with Gasteiger partial charge in [0.25, 0.3) is 0 Å². The monoisotopic (exact) mass is 421 g/mol. The van der Waals surface area contributed by atoms with Crippen LogP contribution in [0.15, 0.2) is 66.2 Å². The van der Waals surface area contributed by atoms with Crippen LogP contribution >= 0.6 is 0 Å². The van der Waals surface area contributed by atoms with Crippen molar-refractivity contribution in [3.63, 3.8) is 0 Å². The van der Waals surface area contributed by atoms with Gasteiger partial charge in [0.2, 0.25) is 0 Å². The van der Waals surface area contributed by atoms with Gasteiger partial charge in [-0.05, 0) is 45.2 Å². The van der Waals surface area contributed by atoms with Gasteiger partial charge in [0.05, 0.1) is 24.4 Å². The predicted octanol–water partition coefficient (Wildman–Crippen LogP) is 4.90. The summed E-state index contributed by atoms with van der Waals surface area (Å²) in [6.45, 7) is 7.81. The van der Waals surface area contributed by atoms with E-state index in [2.05, 4.69) is 0 Å². The molecule has 31 heavy (non-hydrogen) atoms. The Kier molecular flexibility index (Phi) is 8.56. The van der Waals surface area contributed by atoms with E-state index in [0.29, 0.717) is 25.0 Å². The van der Waals surface area contributed by atoms with Crippen molar-refractivity contribution in [3.05, 3.63) is 77.4 Å². The quantitative estimate of drug-likeness (QED) is 0.335. The number of esters is 1. The van der Waals surface area contributed by atoms with Gasteiger partial charge < -0.3 is 14.6 Å². The van der Waals surface area contributed by atoms with Crippen molar-refractivity contribution < 1.29 is 19.4 Å². The van der Waals surface area contributed by atoms with Crippen LogP contribution < -0.4 is 0 Å². The van der Waals surface area contributed by atoms with Crippen LogP contribution in [0.4, 0.5) is 0 Å². The molecule has 2 aromatic carbocycles. The number of aliphatic hydroxyl groups is 1.